The predicted molar refractivity (Wildman–Crippen MR) is 113 cm³/mol. The summed E-state index contributed by atoms with van der Waals surface area (Å²) in [5.41, 5.74) is 3.66. The van der Waals surface area contributed by atoms with Gasteiger partial charge in [-0.05, 0) is 44.5 Å². The lowest BCUT2D eigenvalue weighted by molar-refractivity contribution is 0.256. The largest absolute Gasteiger partial charge is 0.369 e. The van der Waals surface area contributed by atoms with E-state index in [2.05, 4.69) is 32.1 Å². The maximum absolute atomic E-state index is 13.1. The number of urea groups is 1. The molecule has 0 fully saturated rings. The Kier molecular flexibility index (Phi) is 5.33. The normalized spacial score (nSPS) is 13.6. The second-order valence-corrected chi connectivity index (χ2v) is 6.83. The molecule has 4 heterocycles. The lowest BCUT2D eigenvalue weighted by Gasteiger charge is -2.25. The minimum absolute atomic E-state index is 0.264. The molecular weight excluding hydrogens is 366 g/mol. The molecule has 1 aliphatic heterocycles. The van der Waals surface area contributed by atoms with Crippen LogP contribution in [0.25, 0.3) is 11.3 Å². The van der Waals surface area contributed by atoms with Gasteiger partial charge in [0, 0.05) is 49.5 Å². The highest BCUT2D eigenvalue weighted by molar-refractivity contribution is 6.02. The molecule has 0 saturated heterocycles. The summed E-state index contributed by atoms with van der Waals surface area (Å²) in [6.45, 7) is 6.35. The number of hydrogen-bond donors (Lipinski definition) is 1. The molecule has 0 aromatic carbocycles. The number of nitrogens with zero attached hydrogens (tertiary/aromatic N) is 6. The number of rotatable bonds is 3. The minimum atomic E-state index is -0.264. The van der Waals surface area contributed by atoms with Crippen LogP contribution in [0.3, 0.4) is 0 Å². The summed E-state index contributed by atoms with van der Waals surface area (Å²) in [5, 5.41) is 2.83. The van der Waals surface area contributed by atoms with E-state index in [9.17, 15) is 4.79 Å². The molecule has 0 radical (unpaired) electrons. The van der Waals surface area contributed by atoms with Crippen LogP contribution in [0.15, 0.2) is 49.1 Å². The van der Waals surface area contributed by atoms with Crippen molar-refractivity contribution in [3.63, 3.8) is 0 Å². The maximum Gasteiger partial charge on any atom is 0.328 e. The molecule has 3 aromatic rings. The minimum Gasteiger partial charge on any atom is -0.369 e. The summed E-state index contributed by atoms with van der Waals surface area (Å²) in [4.78, 5) is 34.3. The van der Waals surface area contributed by atoms with E-state index in [1.54, 1.807) is 23.5 Å². The molecule has 0 bridgehead atoms. The fourth-order valence-electron chi connectivity index (χ4n) is 3.47. The number of anilines is 3. The van der Waals surface area contributed by atoms with Gasteiger partial charge in [-0.25, -0.2) is 14.8 Å². The van der Waals surface area contributed by atoms with Crippen LogP contribution in [0.2, 0.25) is 0 Å². The van der Waals surface area contributed by atoms with E-state index >= 15 is 0 Å². The lowest BCUT2D eigenvalue weighted by Crippen LogP contribution is -2.36. The molecule has 1 aliphatic rings. The first-order valence-electron chi connectivity index (χ1n) is 9.69. The highest BCUT2D eigenvalue weighted by atomic mass is 16.2. The standard InChI is InChI=1S/C21H23N7O/c1-3-27-11-4-12-28(21(29)26-19-14-22-9-10-24-19)20-18(27)6-5-17(25-20)16-7-8-23-15(2)13-16/h5-10,13-14H,3-4,11-12H2,1-2H3,(H,24,26,29). The van der Waals surface area contributed by atoms with Gasteiger partial charge in [-0.1, -0.05) is 0 Å². The van der Waals surface area contributed by atoms with Crippen LogP contribution in [0.1, 0.15) is 19.0 Å². The van der Waals surface area contributed by atoms with Crippen LogP contribution in [-0.2, 0) is 0 Å². The average Bonchev–Trinajstić information content (AvgIpc) is 2.93. The number of hydrogen-bond acceptors (Lipinski definition) is 6. The molecule has 2 amide bonds. The van der Waals surface area contributed by atoms with Gasteiger partial charge >= 0.3 is 6.03 Å². The molecule has 29 heavy (non-hydrogen) atoms. The van der Waals surface area contributed by atoms with Crippen LogP contribution < -0.4 is 15.1 Å². The Morgan fingerprint density at radius 1 is 1.14 bits per heavy atom. The second kappa shape index (κ2) is 8.22. The molecule has 0 aliphatic carbocycles. The first kappa shape index (κ1) is 18.8. The number of amides is 2. The zero-order chi connectivity index (χ0) is 20.2. The third kappa shape index (κ3) is 4.01. The fraction of sp³-hybridized carbons (Fsp3) is 0.286. The number of carbonyl (C=O) groups is 1. The van der Waals surface area contributed by atoms with Crippen LogP contribution in [0, 0.1) is 6.92 Å². The number of fused-ring (bicyclic) bond motifs is 1. The van der Waals surface area contributed by atoms with Gasteiger partial charge in [-0.2, -0.15) is 0 Å². The second-order valence-electron chi connectivity index (χ2n) is 6.83. The van der Waals surface area contributed by atoms with Crippen molar-refractivity contribution in [1.82, 2.24) is 19.9 Å². The van der Waals surface area contributed by atoms with Crippen molar-refractivity contribution in [3.05, 3.63) is 54.7 Å². The number of aromatic nitrogens is 4. The highest BCUT2D eigenvalue weighted by Crippen LogP contribution is 2.33. The van der Waals surface area contributed by atoms with Crippen LogP contribution in [0.5, 0.6) is 0 Å². The Bertz CT molecular complexity index is 1010. The summed E-state index contributed by atoms with van der Waals surface area (Å²) in [5.74, 6) is 1.06. The number of carbonyl (C=O) groups excluding carboxylic acids is 1. The van der Waals surface area contributed by atoms with Gasteiger partial charge in [0.2, 0.25) is 0 Å². The van der Waals surface area contributed by atoms with Crippen molar-refractivity contribution >= 4 is 23.4 Å². The zero-order valence-electron chi connectivity index (χ0n) is 16.5. The van der Waals surface area contributed by atoms with Crippen LogP contribution in [-0.4, -0.2) is 45.6 Å². The molecule has 3 aromatic heterocycles. The molecule has 4 rings (SSSR count). The van der Waals surface area contributed by atoms with Crippen molar-refractivity contribution < 1.29 is 4.79 Å². The van der Waals surface area contributed by atoms with Gasteiger partial charge in [0.15, 0.2) is 11.6 Å². The zero-order valence-corrected chi connectivity index (χ0v) is 16.5. The van der Waals surface area contributed by atoms with Gasteiger partial charge in [0.25, 0.3) is 0 Å². The molecule has 0 saturated carbocycles. The topological polar surface area (TPSA) is 87.1 Å². The molecular formula is C21H23N7O. The van der Waals surface area contributed by atoms with Crippen molar-refractivity contribution in [2.75, 3.05) is 34.8 Å². The predicted octanol–water partition coefficient (Wildman–Crippen LogP) is 3.51. The number of nitrogens with one attached hydrogen (secondary N) is 1. The summed E-state index contributed by atoms with van der Waals surface area (Å²) >= 11 is 0. The first-order valence-corrected chi connectivity index (χ1v) is 9.69. The molecule has 8 nitrogen and oxygen atoms in total. The molecule has 1 N–H and O–H groups in total. The summed E-state index contributed by atoms with van der Waals surface area (Å²) in [6, 6.07) is 7.71. The van der Waals surface area contributed by atoms with Gasteiger partial charge in [0.05, 0.1) is 17.6 Å². The molecule has 8 heteroatoms. The van der Waals surface area contributed by atoms with E-state index in [0.29, 0.717) is 18.2 Å². The quantitative estimate of drug-likeness (QED) is 0.738. The molecule has 0 spiro atoms. The molecule has 148 valence electrons. The van der Waals surface area contributed by atoms with E-state index in [-0.39, 0.29) is 6.03 Å². The summed E-state index contributed by atoms with van der Waals surface area (Å²) < 4.78 is 0. The Balaban J connectivity index is 1.74. The monoisotopic (exact) mass is 389 g/mol. The summed E-state index contributed by atoms with van der Waals surface area (Å²) in [6.07, 6.45) is 7.27. The van der Waals surface area contributed by atoms with Gasteiger partial charge in [-0.3, -0.25) is 20.2 Å². The van der Waals surface area contributed by atoms with E-state index in [1.807, 2.05) is 31.2 Å². The van der Waals surface area contributed by atoms with E-state index in [0.717, 1.165) is 42.1 Å². The Hall–Kier alpha value is -3.55. The SMILES string of the molecule is CCN1CCCN(C(=O)Nc2cnccn2)c2nc(-c3ccnc(C)c3)ccc21. The van der Waals surface area contributed by atoms with Gasteiger partial charge in [0.1, 0.15) is 0 Å². The lowest BCUT2D eigenvalue weighted by atomic mass is 10.1. The first-order chi connectivity index (χ1) is 14.2. The van der Waals surface area contributed by atoms with Gasteiger partial charge in [-0.15, -0.1) is 0 Å². The molecule has 0 atom stereocenters. The molecule has 0 unspecified atom stereocenters. The van der Waals surface area contributed by atoms with Gasteiger partial charge < -0.3 is 4.90 Å². The van der Waals surface area contributed by atoms with E-state index < -0.39 is 0 Å². The van der Waals surface area contributed by atoms with Crippen LogP contribution >= 0.6 is 0 Å². The maximum atomic E-state index is 13.1. The third-order valence-corrected chi connectivity index (χ3v) is 4.88. The summed E-state index contributed by atoms with van der Waals surface area (Å²) in [7, 11) is 0. The average molecular weight is 389 g/mol. The van der Waals surface area contributed by atoms with Crippen LogP contribution in [0.4, 0.5) is 22.1 Å². The van der Waals surface area contributed by atoms with Crippen molar-refractivity contribution in [2.24, 2.45) is 0 Å². The van der Waals surface area contributed by atoms with Crippen molar-refractivity contribution in [1.29, 1.82) is 0 Å². The highest BCUT2D eigenvalue weighted by Gasteiger charge is 2.26. The Morgan fingerprint density at radius 3 is 2.79 bits per heavy atom. The Morgan fingerprint density at radius 2 is 2.03 bits per heavy atom. The van der Waals surface area contributed by atoms with E-state index in [4.69, 9.17) is 4.98 Å². The fourth-order valence-corrected chi connectivity index (χ4v) is 3.47. The van der Waals surface area contributed by atoms with Crippen molar-refractivity contribution in [2.45, 2.75) is 20.3 Å². The number of aryl methyl sites for hydroxylation is 1. The smallest absolute Gasteiger partial charge is 0.328 e. The third-order valence-electron chi connectivity index (χ3n) is 4.88. The number of pyridine rings is 2. The van der Waals surface area contributed by atoms with E-state index in [1.165, 1.54) is 6.20 Å². The Labute approximate surface area is 169 Å². The van der Waals surface area contributed by atoms with Crippen molar-refractivity contribution in [3.8, 4) is 11.3 Å².